The highest BCUT2D eigenvalue weighted by molar-refractivity contribution is 5.92. The maximum absolute atomic E-state index is 14.0. The molecule has 57 heavy (non-hydrogen) atoms. The smallest absolute Gasteiger partial charge is 0.407 e. The Labute approximate surface area is 333 Å². The quantitative estimate of drug-likeness (QED) is 0.127. The molecule has 2 aromatic heterocycles. The van der Waals surface area contributed by atoms with Crippen molar-refractivity contribution in [3.63, 3.8) is 0 Å². The van der Waals surface area contributed by atoms with Crippen LogP contribution in [0.3, 0.4) is 0 Å². The summed E-state index contributed by atoms with van der Waals surface area (Å²) in [6.07, 6.45) is 4.76. The predicted molar refractivity (Wildman–Crippen MR) is 222 cm³/mol. The van der Waals surface area contributed by atoms with Crippen LogP contribution in [0.4, 0.5) is 4.79 Å². The molecule has 6 aromatic rings. The van der Waals surface area contributed by atoms with Crippen molar-refractivity contribution in [1.29, 1.82) is 0 Å². The Morgan fingerprint density at radius 3 is 2.05 bits per heavy atom. The molecule has 0 saturated carbocycles. The first-order valence-electron chi connectivity index (χ1n) is 20.2. The lowest BCUT2D eigenvalue weighted by molar-refractivity contribution is -0.136. The Kier molecular flexibility index (Phi) is 10.6. The monoisotopic (exact) mass is 765 g/mol. The number of fused-ring (bicyclic) bond motifs is 2. The van der Waals surface area contributed by atoms with Gasteiger partial charge in [-0.1, -0.05) is 88.4 Å². The molecule has 0 spiro atoms. The van der Waals surface area contributed by atoms with E-state index in [0.717, 1.165) is 93.6 Å². The first-order valence-corrected chi connectivity index (χ1v) is 20.2. The number of carbonyl (C=O) groups is 3. The number of alkyl carbamates (subject to hydrolysis) is 1. The van der Waals surface area contributed by atoms with Gasteiger partial charge in [0.05, 0.1) is 48.0 Å². The second-order valence-corrected chi connectivity index (χ2v) is 16.2. The van der Waals surface area contributed by atoms with Crippen molar-refractivity contribution in [2.24, 2.45) is 11.8 Å². The predicted octanol–water partition coefficient (Wildman–Crippen LogP) is 8.92. The van der Waals surface area contributed by atoms with Gasteiger partial charge in [0, 0.05) is 18.7 Å². The number of likely N-dealkylation sites (tertiary alicyclic amines) is 2. The van der Waals surface area contributed by atoms with Crippen LogP contribution >= 0.6 is 0 Å². The summed E-state index contributed by atoms with van der Waals surface area (Å²) in [5.41, 5.74) is 6.93. The maximum atomic E-state index is 14.0. The summed E-state index contributed by atoms with van der Waals surface area (Å²) in [4.78, 5) is 60.3. The third-order valence-electron chi connectivity index (χ3n) is 11.8. The number of aromatic nitrogens is 4. The molecule has 3 N–H and O–H groups in total. The molecule has 3 amide bonds. The molecule has 2 saturated heterocycles. The van der Waals surface area contributed by atoms with Crippen LogP contribution in [-0.4, -0.2) is 73.9 Å². The molecule has 2 aliphatic rings. The van der Waals surface area contributed by atoms with Gasteiger partial charge in [-0.15, -0.1) is 0 Å². The van der Waals surface area contributed by atoms with Crippen molar-refractivity contribution < 1.29 is 19.1 Å². The molecule has 2 aliphatic heterocycles. The zero-order valence-corrected chi connectivity index (χ0v) is 33.3. The van der Waals surface area contributed by atoms with E-state index in [4.69, 9.17) is 14.7 Å². The summed E-state index contributed by atoms with van der Waals surface area (Å²) in [6.45, 7) is 9.41. The molecular formula is C46H51N7O4. The molecule has 2 fully saturated rings. The number of nitrogens with zero attached hydrogens (tertiary/aromatic N) is 4. The van der Waals surface area contributed by atoms with Gasteiger partial charge in [-0.05, 0) is 89.2 Å². The van der Waals surface area contributed by atoms with Crippen LogP contribution in [0.5, 0.6) is 0 Å². The number of H-pyrrole nitrogens is 2. The maximum Gasteiger partial charge on any atom is 0.407 e. The van der Waals surface area contributed by atoms with Crippen LogP contribution in [0, 0.1) is 11.8 Å². The van der Waals surface area contributed by atoms with Gasteiger partial charge >= 0.3 is 6.09 Å². The topological polar surface area (TPSA) is 136 Å². The van der Waals surface area contributed by atoms with Crippen LogP contribution in [0.1, 0.15) is 88.6 Å². The summed E-state index contributed by atoms with van der Waals surface area (Å²) in [6, 6.07) is 28.3. The molecule has 0 bridgehead atoms. The van der Waals surface area contributed by atoms with E-state index in [1.807, 2.05) is 54.1 Å². The second-order valence-electron chi connectivity index (χ2n) is 16.2. The summed E-state index contributed by atoms with van der Waals surface area (Å²) in [5, 5.41) is 4.95. The fraction of sp³-hybridized carbons (Fsp3) is 0.370. The van der Waals surface area contributed by atoms with Crippen LogP contribution < -0.4 is 5.32 Å². The Morgan fingerprint density at radius 1 is 0.737 bits per heavy atom. The largest absolute Gasteiger partial charge is 0.453 e. The number of hydrogen-bond donors (Lipinski definition) is 3. The molecule has 294 valence electrons. The van der Waals surface area contributed by atoms with Gasteiger partial charge in [-0.25, -0.2) is 14.8 Å². The third-order valence-corrected chi connectivity index (χ3v) is 11.8. The minimum atomic E-state index is -0.682. The van der Waals surface area contributed by atoms with Crippen molar-refractivity contribution in [1.82, 2.24) is 35.1 Å². The van der Waals surface area contributed by atoms with E-state index in [2.05, 4.69) is 89.8 Å². The molecule has 4 aromatic carbocycles. The first kappa shape index (κ1) is 37.9. The molecule has 11 nitrogen and oxygen atoms in total. The van der Waals surface area contributed by atoms with Gasteiger partial charge in [-0.3, -0.25) is 9.59 Å². The average Bonchev–Trinajstić information content (AvgIpc) is 4.05. The summed E-state index contributed by atoms with van der Waals surface area (Å²) in [5.74, 6) is 1.52. The van der Waals surface area contributed by atoms with Crippen LogP contribution in [0.2, 0.25) is 0 Å². The van der Waals surface area contributed by atoms with E-state index < -0.39 is 12.1 Å². The molecule has 4 heterocycles. The van der Waals surface area contributed by atoms with Crippen molar-refractivity contribution in [2.75, 3.05) is 20.2 Å². The first-order chi connectivity index (χ1) is 27.6. The second kappa shape index (κ2) is 15.9. The lowest BCUT2D eigenvalue weighted by atomic mass is 9.87. The Hall–Kier alpha value is -5.97. The van der Waals surface area contributed by atoms with Crippen LogP contribution in [-0.2, 0) is 14.3 Å². The number of rotatable bonds is 10. The third kappa shape index (κ3) is 7.50. The van der Waals surface area contributed by atoms with Gasteiger partial charge in [0.15, 0.2) is 0 Å². The van der Waals surface area contributed by atoms with Crippen molar-refractivity contribution >= 4 is 39.7 Å². The van der Waals surface area contributed by atoms with Gasteiger partial charge in [0.25, 0.3) is 0 Å². The molecular weight excluding hydrogens is 715 g/mol. The highest BCUT2D eigenvalue weighted by atomic mass is 16.5. The normalized spacial score (nSPS) is 18.2. The highest BCUT2D eigenvalue weighted by Crippen LogP contribution is 2.38. The molecule has 11 heteroatoms. The molecule has 1 unspecified atom stereocenters. The lowest BCUT2D eigenvalue weighted by Gasteiger charge is -2.30. The van der Waals surface area contributed by atoms with E-state index in [1.54, 1.807) is 0 Å². The fourth-order valence-electron chi connectivity index (χ4n) is 8.77. The minimum absolute atomic E-state index is 0.0744. The van der Waals surface area contributed by atoms with Crippen molar-refractivity contribution in [2.45, 2.75) is 77.4 Å². The van der Waals surface area contributed by atoms with Crippen molar-refractivity contribution in [3.8, 4) is 22.4 Å². The van der Waals surface area contributed by atoms with E-state index in [9.17, 15) is 14.4 Å². The van der Waals surface area contributed by atoms with Gasteiger partial charge < -0.3 is 29.8 Å². The molecule has 0 aliphatic carbocycles. The van der Waals surface area contributed by atoms with Gasteiger partial charge in [-0.2, -0.15) is 0 Å². The zero-order chi connectivity index (χ0) is 39.8. The number of hydrogen-bond acceptors (Lipinski definition) is 6. The van der Waals surface area contributed by atoms with E-state index in [1.165, 1.54) is 7.11 Å². The number of amides is 3. The number of aromatic amines is 2. The summed E-state index contributed by atoms with van der Waals surface area (Å²) < 4.78 is 4.78. The van der Waals surface area contributed by atoms with E-state index in [0.29, 0.717) is 6.54 Å². The summed E-state index contributed by atoms with van der Waals surface area (Å²) >= 11 is 0. The van der Waals surface area contributed by atoms with Gasteiger partial charge in [0.2, 0.25) is 11.8 Å². The van der Waals surface area contributed by atoms with Crippen LogP contribution in [0.25, 0.3) is 44.2 Å². The average molecular weight is 766 g/mol. The zero-order valence-electron chi connectivity index (χ0n) is 33.3. The van der Waals surface area contributed by atoms with E-state index in [-0.39, 0.29) is 41.7 Å². The Balaban J connectivity index is 0.988. The standard InChI is InChI=1S/C46H51N7O4/c1-27(2)40(29-11-7-6-8-12-29)44(54)52-21-9-13-38(52)42-47-26-37(50-42)34-18-17-30-23-31(15-16-32(30)24-34)33-19-20-35-36(25-33)49-43(48-35)39-14-10-22-53(39)45(55)41(28(3)4)51-46(56)57-5/h6-8,11-12,15-20,23-28,38-41H,9-10,13-14,21-22H2,1-5H3,(H,47,50)(H,48,49)(H,51,56)/t38?,39-,40+,41-/m0/s1. The molecule has 4 atom stereocenters. The summed E-state index contributed by atoms with van der Waals surface area (Å²) in [7, 11) is 1.30. The molecule has 8 rings (SSSR count). The number of methoxy groups -OCH3 is 1. The number of imidazole rings is 2. The SMILES string of the molecule is COC(=O)N[C@H](C(=O)N1CCC[C@H]1c1nc2ccc(-c3ccc4cc(-c5cnc(C6CCCN6C(=O)[C@@H](c6ccccc6)C(C)C)[nH]5)ccc4c3)cc2[nH]1)C(C)C. The molecule has 0 radical (unpaired) electrons. The fourth-order valence-corrected chi connectivity index (χ4v) is 8.77. The highest BCUT2D eigenvalue weighted by Gasteiger charge is 2.39. The number of ether oxygens (including phenoxy) is 1. The number of carbonyl (C=O) groups excluding carboxylic acids is 3. The lowest BCUT2D eigenvalue weighted by Crippen LogP contribution is -2.51. The Morgan fingerprint density at radius 2 is 1.37 bits per heavy atom. The van der Waals surface area contributed by atoms with Crippen LogP contribution in [0.15, 0.2) is 91.1 Å². The van der Waals surface area contributed by atoms with E-state index >= 15 is 0 Å². The van der Waals surface area contributed by atoms with Gasteiger partial charge in [0.1, 0.15) is 17.7 Å². The number of benzene rings is 4. The Bertz CT molecular complexity index is 2420. The number of nitrogens with one attached hydrogen (secondary N) is 3. The minimum Gasteiger partial charge on any atom is -0.453 e. The van der Waals surface area contributed by atoms with Crippen molar-refractivity contribution in [3.05, 3.63) is 108 Å².